The first kappa shape index (κ1) is 9.09. The van der Waals surface area contributed by atoms with Crippen LogP contribution in [-0.2, 0) is 9.59 Å². The van der Waals surface area contributed by atoms with Gasteiger partial charge in [-0.1, -0.05) is 23.2 Å². The fourth-order valence-electron chi connectivity index (χ4n) is 0.680. The standard InChI is InChI=1S/C6H4Cl2N2O2/c7-1-3(9)6(12)2(8)4(10)5(1)11/h9-10H2. The first-order valence-corrected chi connectivity index (χ1v) is 3.62. The van der Waals surface area contributed by atoms with Crippen LogP contribution in [0.5, 0.6) is 0 Å². The summed E-state index contributed by atoms with van der Waals surface area (Å²) in [4.78, 5) is 22.0. The van der Waals surface area contributed by atoms with Gasteiger partial charge < -0.3 is 11.5 Å². The van der Waals surface area contributed by atoms with Crippen LogP contribution in [0.4, 0.5) is 0 Å². The highest BCUT2D eigenvalue weighted by molar-refractivity contribution is 6.55. The summed E-state index contributed by atoms with van der Waals surface area (Å²) in [5.74, 6) is -1.42. The molecule has 6 heteroatoms. The van der Waals surface area contributed by atoms with Crippen LogP contribution in [0.15, 0.2) is 21.5 Å². The monoisotopic (exact) mass is 206 g/mol. The highest BCUT2D eigenvalue weighted by atomic mass is 35.5. The minimum atomic E-state index is -0.709. The topological polar surface area (TPSA) is 86.2 Å². The van der Waals surface area contributed by atoms with E-state index in [1.165, 1.54) is 0 Å². The number of allylic oxidation sites excluding steroid dienone is 2. The molecule has 1 aliphatic carbocycles. The van der Waals surface area contributed by atoms with Crippen LogP contribution < -0.4 is 11.5 Å². The van der Waals surface area contributed by atoms with Crippen molar-refractivity contribution in [3.05, 3.63) is 21.5 Å². The number of nitrogens with two attached hydrogens (primary N) is 2. The van der Waals surface area contributed by atoms with Crippen LogP contribution in [0.1, 0.15) is 0 Å². The summed E-state index contributed by atoms with van der Waals surface area (Å²) in [6.45, 7) is 0. The predicted molar refractivity (Wildman–Crippen MR) is 44.1 cm³/mol. The van der Waals surface area contributed by atoms with E-state index >= 15 is 0 Å². The largest absolute Gasteiger partial charge is 0.394 e. The summed E-state index contributed by atoms with van der Waals surface area (Å²) in [6, 6.07) is 0. The molecule has 0 aromatic heterocycles. The van der Waals surface area contributed by atoms with Gasteiger partial charge in [0, 0.05) is 0 Å². The predicted octanol–water partition coefficient (Wildman–Crippen LogP) is -0.0436. The van der Waals surface area contributed by atoms with E-state index in [4.69, 9.17) is 34.7 Å². The lowest BCUT2D eigenvalue weighted by molar-refractivity contribution is -0.115. The van der Waals surface area contributed by atoms with Gasteiger partial charge in [-0.05, 0) is 0 Å². The molecule has 4 nitrogen and oxygen atoms in total. The van der Waals surface area contributed by atoms with Gasteiger partial charge in [0.1, 0.15) is 21.5 Å². The zero-order valence-electron chi connectivity index (χ0n) is 5.73. The summed E-state index contributed by atoms with van der Waals surface area (Å²) in [5.41, 5.74) is 9.62. The molecule has 0 aromatic carbocycles. The molecule has 0 spiro atoms. The molecule has 0 aliphatic heterocycles. The van der Waals surface area contributed by atoms with Crippen molar-refractivity contribution in [3.63, 3.8) is 0 Å². The molecule has 0 bridgehead atoms. The lowest BCUT2D eigenvalue weighted by atomic mass is 10.1. The minimum Gasteiger partial charge on any atom is -0.394 e. The SMILES string of the molecule is NC1=C(Cl)C(=O)C(N)=C(Cl)C1=O. The number of rotatable bonds is 0. The summed E-state index contributed by atoms with van der Waals surface area (Å²) in [5, 5.41) is -0.746. The lowest BCUT2D eigenvalue weighted by Gasteiger charge is -2.11. The smallest absolute Gasteiger partial charge is 0.223 e. The van der Waals surface area contributed by atoms with Crippen LogP contribution in [0.25, 0.3) is 0 Å². The average Bonchev–Trinajstić information content (AvgIpc) is 2.08. The third-order valence-electron chi connectivity index (χ3n) is 1.36. The Morgan fingerprint density at radius 1 is 0.833 bits per heavy atom. The minimum absolute atomic E-state index is 0.360. The normalized spacial score (nSPS) is 19.2. The summed E-state index contributed by atoms with van der Waals surface area (Å²) < 4.78 is 0. The van der Waals surface area contributed by atoms with E-state index in [0.717, 1.165) is 0 Å². The number of hydrogen-bond acceptors (Lipinski definition) is 4. The average molecular weight is 207 g/mol. The molecule has 0 unspecified atom stereocenters. The van der Waals surface area contributed by atoms with Gasteiger partial charge in [0.25, 0.3) is 0 Å². The Kier molecular flexibility index (Phi) is 2.12. The maximum absolute atomic E-state index is 11.0. The molecule has 1 rings (SSSR count). The second kappa shape index (κ2) is 2.80. The van der Waals surface area contributed by atoms with Crippen molar-refractivity contribution in [3.8, 4) is 0 Å². The van der Waals surface area contributed by atoms with E-state index in [1.54, 1.807) is 0 Å². The zero-order valence-corrected chi connectivity index (χ0v) is 7.24. The van der Waals surface area contributed by atoms with Gasteiger partial charge in [-0.15, -0.1) is 0 Å². The number of carbonyl (C=O) groups excluding carboxylic acids is 2. The molecule has 0 heterocycles. The third kappa shape index (κ3) is 1.09. The highest BCUT2D eigenvalue weighted by Gasteiger charge is 2.29. The Balaban J connectivity index is 3.32. The molecule has 4 N–H and O–H groups in total. The molecule has 12 heavy (non-hydrogen) atoms. The summed E-state index contributed by atoms with van der Waals surface area (Å²) >= 11 is 10.8. The zero-order chi connectivity index (χ0) is 9.46. The maximum atomic E-state index is 11.0. The van der Waals surface area contributed by atoms with Crippen molar-refractivity contribution in [1.29, 1.82) is 0 Å². The van der Waals surface area contributed by atoms with Crippen molar-refractivity contribution in [2.24, 2.45) is 11.5 Å². The van der Waals surface area contributed by atoms with Crippen LogP contribution in [-0.4, -0.2) is 11.6 Å². The molecule has 0 amide bonds. The first-order valence-electron chi connectivity index (χ1n) is 2.86. The van der Waals surface area contributed by atoms with E-state index in [1.807, 2.05) is 0 Å². The fourth-order valence-corrected chi connectivity index (χ4v) is 1.06. The van der Waals surface area contributed by atoms with Crippen molar-refractivity contribution in [2.45, 2.75) is 0 Å². The van der Waals surface area contributed by atoms with Crippen molar-refractivity contribution in [1.82, 2.24) is 0 Å². The Morgan fingerprint density at radius 3 is 1.33 bits per heavy atom. The van der Waals surface area contributed by atoms with E-state index in [9.17, 15) is 9.59 Å². The van der Waals surface area contributed by atoms with E-state index in [0.29, 0.717) is 0 Å². The second-order valence-electron chi connectivity index (χ2n) is 2.11. The van der Waals surface area contributed by atoms with Gasteiger partial charge in [-0.2, -0.15) is 0 Å². The molecule has 0 aromatic rings. The Hall–Kier alpha value is -1.00. The number of hydrogen-bond donors (Lipinski definition) is 2. The van der Waals surface area contributed by atoms with Crippen molar-refractivity contribution >= 4 is 34.8 Å². The third-order valence-corrected chi connectivity index (χ3v) is 2.11. The van der Waals surface area contributed by atoms with Gasteiger partial charge in [-0.3, -0.25) is 9.59 Å². The van der Waals surface area contributed by atoms with Crippen LogP contribution in [0.3, 0.4) is 0 Å². The van der Waals surface area contributed by atoms with Crippen LogP contribution in [0.2, 0.25) is 0 Å². The summed E-state index contributed by atoms with van der Waals surface area (Å²) in [6.07, 6.45) is 0. The lowest BCUT2D eigenvalue weighted by Crippen LogP contribution is -2.27. The number of halogens is 2. The molecule has 0 saturated heterocycles. The number of Topliss-reactive ketones (excluding diaryl/α,β-unsaturated/α-hetero) is 2. The molecular formula is C6H4Cl2N2O2. The van der Waals surface area contributed by atoms with Gasteiger partial charge >= 0.3 is 0 Å². The van der Waals surface area contributed by atoms with Crippen LogP contribution in [0, 0.1) is 0 Å². The fraction of sp³-hybridized carbons (Fsp3) is 0. The Bertz CT molecular complexity index is 281. The highest BCUT2D eigenvalue weighted by Crippen LogP contribution is 2.23. The van der Waals surface area contributed by atoms with E-state index < -0.39 is 11.6 Å². The molecule has 0 saturated carbocycles. The van der Waals surface area contributed by atoms with Gasteiger partial charge in [0.05, 0.1) is 0 Å². The first-order chi connectivity index (χ1) is 5.46. The molecule has 64 valence electrons. The maximum Gasteiger partial charge on any atom is 0.223 e. The van der Waals surface area contributed by atoms with E-state index in [2.05, 4.69) is 0 Å². The molecule has 1 aliphatic rings. The number of carbonyl (C=O) groups is 2. The van der Waals surface area contributed by atoms with E-state index in [-0.39, 0.29) is 21.5 Å². The quantitative estimate of drug-likeness (QED) is 0.545. The van der Waals surface area contributed by atoms with Gasteiger partial charge in [0.15, 0.2) is 0 Å². The van der Waals surface area contributed by atoms with Crippen molar-refractivity contribution in [2.75, 3.05) is 0 Å². The van der Waals surface area contributed by atoms with Gasteiger partial charge in [-0.25, -0.2) is 0 Å². The van der Waals surface area contributed by atoms with Crippen LogP contribution >= 0.6 is 23.2 Å². The molecule has 0 fully saturated rings. The van der Waals surface area contributed by atoms with Crippen molar-refractivity contribution < 1.29 is 9.59 Å². The second-order valence-corrected chi connectivity index (χ2v) is 2.87. The Labute approximate surface area is 77.8 Å². The summed E-state index contributed by atoms with van der Waals surface area (Å²) in [7, 11) is 0. The number of ketones is 2. The van der Waals surface area contributed by atoms with Gasteiger partial charge in [0.2, 0.25) is 11.6 Å². The molecular weight excluding hydrogens is 203 g/mol. The Morgan fingerprint density at radius 2 is 1.08 bits per heavy atom. The molecule has 0 atom stereocenters. The molecule has 0 radical (unpaired) electrons.